The molecule has 1 aliphatic heterocycles. The van der Waals surface area contributed by atoms with Gasteiger partial charge in [0.1, 0.15) is 18.8 Å². The number of halogens is 1. The molecular formula is C50H83BrN2O4. The number of ether oxygens (including phenoxy) is 2. The van der Waals surface area contributed by atoms with Gasteiger partial charge < -0.3 is 31.8 Å². The molecule has 6 nitrogen and oxygen atoms in total. The quantitative estimate of drug-likeness (QED) is 0.0715. The predicted molar refractivity (Wildman–Crippen MR) is 231 cm³/mol. The normalized spacial score (nSPS) is 25.4. The maximum absolute atomic E-state index is 14.6. The standard InChI is InChI=1S/C50H82N2O4.BrH/c1-10-11-12-13-14-15-16-17-18-19-20-21-22-23-30-52-31-24-25-41(34-52)48-46(49(53)55-44-32-37(6)26-28-42(44)35(2)3)39(8)51-40(9)47(48)50(54)56-45-33-38(7)27-29-43(45)36(4)5;/h24-25,31,34-38,42-45,48H,10-23,26-30,32-33H2,1-9H3;1H. The fourth-order valence-electron chi connectivity index (χ4n) is 10.1. The summed E-state index contributed by atoms with van der Waals surface area (Å²) in [5.41, 5.74) is 3.53. The number of nitrogens with zero attached hydrogens (tertiary/aromatic N) is 1. The van der Waals surface area contributed by atoms with Crippen molar-refractivity contribution in [2.75, 3.05) is 0 Å². The third-order valence-electron chi connectivity index (χ3n) is 13.6. The monoisotopic (exact) mass is 855 g/mol. The van der Waals surface area contributed by atoms with Gasteiger partial charge >= 0.3 is 11.9 Å². The number of allylic oxidation sites excluding steroid dienone is 2. The second-order valence-corrected chi connectivity index (χ2v) is 19.1. The predicted octanol–water partition coefficient (Wildman–Crippen LogP) is 9.70. The summed E-state index contributed by atoms with van der Waals surface area (Å²) in [6, 6.07) is 4.16. The number of dihydropyridines is 1. The van der Waals surface area contributed by atoms with Gasteiger partial charge in [-0.2, -0.15) is 0 Å². The summed E-state index contributed by atoms with van der Waals surface area (Å²) in [6.07, 6.45) is 29.0. The smallest absolute Gasteiger partial charge is 0.337 e. The highest BCUT2D eigenvalue weighted by Crippen LogP contribution is 2.43. The summed E-state index contributed by atoms with van der Waals surface area (Å²) in [4.78, 5) is 29.2. The second kappa shape index (κ2) is 25.5. The van der Waals surface area contributed by atoms with Gasteiger partial charge in [0.15, 0.2) is 12.4 Å². The minimum atomic E-state index is -0.572. The molecule has 1 N–H and O–H groups in total. The van der Waals surface area contributed by atoms with Gasteiger partial charge in [-0.05, 0) is 87.5 Å². The molecule has 0 spiro atoms. The van der Waals surface area contributed by atoms with Crippen molar-refractivity contribution < 1.29 is 40.6 Å². The van der Waals surface area contributed by atoms with Crippen molar-refractivity contribution in [1.82, 2.24) is 5.32 Å². The topological polar surface area (TPSA) is 68.5 Å². The average molecular weight is 856 g/mol. The Bertz CT molecular complexity index is 1370. The number of unbranched alkanes of at least 4 members (excludes halogenated alkanes) is 13. The van der Waals surface area contributed by atoms with E-state index in [4.69, 9.17) is 9.47 Å². The van der Waals surface area contributed by atoms with Crippen LogP contribution in [0.3, 0.4) is 0 Å². The van der Waals surface area contributed by atoms with Crippen LogP contribution in [0.25, 0.3) is 0 Å². The molecule has 0 aromatic carbocycles. The van der Waals surface area contributed by atoms with E-state index in [0.717, 1.165) is 55.6 Å². The lowest BCUT2D eigenvalue weighted by molar-refractivity contribution is -0.697. The summed E-state index contributed by atoms with van der Waals surface area (Å²) in [6.45, 7) is 20.6. The molecule has 4 rings (SSSR count). The zero-order valence-corrected chi connectivity index (χ0v) is 39.4. The Balaban J connectivity index is 0.00000870. The van der Waals surface area contributed by atoms with Crippen LogP contribution in [0.5, 0.6) is 0 Å². The molecule has 6 unspecified atom stereocenters. The van der Waals surface area contributed by atoms with E-state index in [1.165, 1.54) is 96.3 Å². The van der Waals surface area contributed by atoms with E-state index in [2.05, 4.69) is 82.9 Å². The summed E-state index contributed by atoms with van der Waals surface area (Å²) in [7, 11) is 0. The lowest BCUT2D eigenvalue weighted by Gasteiger charge is -2.39. The van der Waals surface area contributed by atoms with E-state index in [1.54, 1.807) is 0 Å². The number of carbonyl (C=O) groups is 2. The zero-order valence-electron chi connectivity index (χ0n) is 37.8. The maximum Gasteiger partial charge on any atom is 0.337 e. The Morgan fingerprint density at radius 3 is 1.53 bits per heavy atom. The van der Waals surface area contributed by atoms with Crippen LogP contribution in [0.4, 0.5) is 0 Å². The van der Waals surface area contributed by atoms with Crippen LogP contribution in [0, 0.1) is 35.5 Å². The molecule has 324 valence electrons. The Morgan fingerprint density at radius 1 is 0.684 bits per heavy atom. The molecule has 57 heavy (non-hydrogen) atoms. The van der Waals surface area contributed by atoms with Crippen LogP contribution >= 0.6 is 0 Å². The molecule has 3 aliphatic rings. The number of carbonyl (C=O) groups excluding carboxylic acids is 2. The molecule has 1 aromatic rings. The Labute approximate surface area is 359 Å². The summed E-state index contributed by atoms with van der Waals surface area (Å²) in [5, 5.41) is 3.45. The molecule has 2 heterocycles. The van der Waals surface area contributed by atoms with E-state index in [0.29, 0.717) is 46.7 Å². The van der Waals surface area contributed by atoms with E-state index in [1.807, 2.05) is 13.8 Å². The minimum Gasteiger partial charge on any atom is -1.00 e. The maximum atomic E-state index is 14.6. The van der Waals surface area contributed by atoms with Crippen molar-refractivity contribution in [2.24, 2.45) is 35.5 Å². The van der Waals surface area contributed by atoms with Crippen LogP contribution in [-0.2, 0) is 25.6 Å². The van der Waals surface area contributed by atoms with Crippen molar-refractivity contribution >= 4 is 11.9 Å². The van der Waals surface area contributed by atoms with Crippen molar-refractivity contribution in [2.45, 2.75) is 215 Å². The third kappa shape index (κ3) is 15.1. The number of hydrogen-bond donors (Lipinski definition) is 1. The molecule has 2 aliphatic carbocycles. The number of pyridine rings is 1. The van der Waals surface area contributed by atoms with Crippen molar-refractivity contribution in [3.05, 3.63) is 52.6 Å². The first-order valence-electron chi connectivity index (χ1n) is 23.5. The Kier molecular flexibility index (Phi) is 22.0. The molecule has 0 amide bonds. The number of aryl methyl sites for hydroxylation is 1. The Morgan fingerprint density at radius 2 is 1.11 bits per heavy atom. The molecular weight excluding hydrogens is 772 g/mol. The van der Waals surface area contributed by atoms with E-state index < -0.39 is 5.92 Å². The fourth-order valence-corrected chi connectivity index (χ4v) is 10.1. The summed E-state index contributed by atoms with van der Waals surface area (Å²) < 4.78 is 15.3. The molecule has 0 bridgehead atoms. The van der Waals surface area contributed by atoms with Gasteiger partial charge in [-0.15, -0.1) is 0 Å². The van der Waals surface area contributed by atoms with Gasteiger partial charge in [0.25, 0.3) is 0 Å². The van der Waals surface area contributed by atoms with Crippen molar-refractivity contribution in [3.8, 4) is 0 Å². The number of nitrogens with one attached hydrogen (secondary N) is 1. The van der Waals surface area contributed by atoms with Crippen LogP contribution in [0.15, 0.2) is 47.1 Å². The van der Waals surface area contributed by atoms with E-state index in [9.17, 15) is 9.59 Å². The van der Waals surface area contributed by atoms with Crippen LogP contribution in [0.2, 0.25) is 0 Å². The van der Waals surface area contributed by atoms with Crippen molar-refractivity contribution in [1.29, 1.82) is 0 Å². The van der Waals surface area contributed by atoms with Gasteiger partial charge in [0.05, 0.1) is 17.1 Å². The van der Waals surface area contributed by atoms with Gasteiger partial charge in [-0.3, -0.25) is 0 Å². The van der Waals surface area contributed by atoms with Gasteiger partial charge in [-0.25, -0.2) is 14.2 Å². The molecule has 2 saturated carbocycles. The van der Waals surface area contributed by atoms with Crippen LogP contribution in [0.1, 0.15) is 202 Å². The number of rotatable bonds is 22. The number of hydrogen-bond acceptors (Lipinski definition) is 5. The van der Waals surface area contributed by atoms with Crippen molar-refractivity contribution in [3.63, 3.8) is 0 Å². The zero-order chi connectivity index (χ0) is 40.6. The molecule has 0 radical (unpaired) electrons. The minimum absolute atomic E-state index is 0. The largest absolute Gasteiger partial charge is 1.00 e. The highest BCUT2D eigenvalue weighted by molar-refractivity contribution is 6.00. The number of aromatic nitrogens is 1. The highest BCUT2D eigenvalue weighted by atomic mass is 79.9. The molecule has 6 atom stereocenters. The average Bonchev–Trinajstić information content (AvgIpc) is 3.14. The lowest BCUT2D eigenvalue weighted by atomic mass is 9.75. The summed E-state index contributed by atoms with van der Waals surface area (Å²) >= 11 is 0. The van der Waals surface area contributed by atoms with Gasteiger partial charge in [-0.1, -0.05) is 138 Å². The van der Waals surface area contributed by atoms with Crippen LogP contribution < -0.4 is 26.9 Å². The molecule has 1 aromatic heterocycles. The Hall–Kier alpha value is -2.15. The first-order chi connectivity index (χ1) is 26.9. The van der Waals surface area contributed by atoms with E-state index in [-0.39, 0.29) is 41.1 Å². The van der Waals surface area contributed by atoms with Gasteiger partial charge in [0.2, 0.25) is 0 Å². The highest BCUT2D eigenvalue weighted by Gasteiger charge is 2.43. The number of esters is 2. The molecule has 2 fully saturated rings. The fraction of sp³-hybridized carbons (Fsp3) is 0.780. The third-order valence-corrected chi connectivity index (χ3v) is 13.6. The molecule has 7 heteroatoms. The first kappa shape index (κ1) is 49.2. The lowest BCUT2D eigenvalue weighted by Crippen LogP contribution is -3.00. The first-order valence-corrected chi connectivity index (χ1v) is 23.5. The summed E-state index contributed by atoms with van der Waals surface area (Å²) in [5.74, 6) is 1.36. The van der Waals surface area contributed by atoms with Crippen LogP contribution in [-0.4, -0.2) is 24.1 Å². The van der Waals surface area contributed by atoms with E-state index >= 15 is 0 Å². The SMILES string of the molecule is CCCCCCCCCCCCCCCC[n+]1cccc(C2C(C(=O)OC3CC(C)CCC3C(C)C)=C(C)NC(C)=C2C(=O)OC2CC(C)CCC2C(C)C)c1.[Br-]. The van der Waals surface area contributed by atoms with Gasteiger partial charge in [0, 0.05) is 29.4 Å². The molecule has 0 saturated heterocycles. The second-order valence-electron chi connectivity index (χ2n) is 19.1.